The Morgan fingerprint density at radius 1 is 1.30 bits per heavy atom. The zero-order chi connectivity index (χ0) is 14.3. The van der Waals surface area contributed by atoms with E-state index in [0.29, 0.717) is 11.2 Å². The van der Waals surface area contributed by atoms with Gasteiger partial charge in [0.25, 0.3) is 0 Å². The highest BCUT2D eigenvalue weighted by Crippen LogP contribution is 2.32. The third-order valence-corrected chi connectivity index (χ3v) is 4.00. The van der Waals surface area contributed by atoms with E-state index < -0.39 is 24.5 Å². The molecular formula is C11H14N4O4S. The maximum absolute atomic E-state index is 10.0. The van der Waals surface area contributed by atoms with Crippen molar-refractivity contribution < 1.29 is 20.1 Å². The summed E-state index contributed by atoms with van der Waals surface area (Å²) in [6.45, 7) is -0.369. The van der Waals surface area contributed by atoms with E-state index in [0.717, 1.165) is 5.03 Å². The molecule has 3 heterocycles. The van der Waals surface area contributed by atoms with Gasteiger partial charge in [-0.3, -0.25) is 4.57 Å². The molecule has 0 unspecified atom stereocenters. The van der Waals surface area contributed by atoms with Crippen molar-refractivity contribution in [3.05, 3.63) is 12.7 Å². The SMILES string of the molecule is CSc1ncnc2c1ncn2[C@@H]1O[C@@H](CO)[C@@H](O)[C@@H]1O. The molecule has 1 saturated heterocycles. The maximum Gasteiger partial charge on any atom is 0.166 e. The molecule has 0 spiro atoms. The van der Waals surface area contributed by atoms with Gasteiger partial charge >= 0.3 is 0 Å². The average molecular weight is 298 g/mol. The Hall–Kier alpha value is -1.26. The molecule has 20 heavy (non-hydrogen) atoms. The molecule has 0 amide bonds. The number of aliphatic hydroxyl groups excluding tert-OH is 3. The van der Waals surface area contributed by atoms with Crippen LogP contribution in [0.25, 0.3) is 11.2 Å². The monoisotopic (exact) mass is 298 g/mol. The summed E-state index contributed by atoms with van der Waals surface area (Å²) >= 11 is 1.44. The van der Waals surface area contributed by atoms with E-state index in [2.05, 4.69) is 15.0 Å². The van der Waals surface area contributed by atoms with Crippen LogP contribution >= 0.6 is 11.8 Å². The molecule has 108 valence electrons. The second kappa shape index (κ2) is 5.26. The van der Waals surface area contributed by atoms with Crippen molar-refractivity contribution in [2.45, 2.75) is 29.6 Å². The number of aliphatic hydroxyl groups is 3. The minimum absolute atomic E-state index is 0.369. The van der Waals surface area contributed by atoms with Gasteiger partial charge in [-0.25, -0.2) is 15.0 Å². The number of ether oxygens (including phenoxy) is 1. The van der Waals surface area contributed by atoms with Crippen molar-refractivity contribution in [1.82, 2.24) is 19.5 Å². The average Bonchev–Trinajstić information content (AvgIpc) is 3.01. The van der Waals surface area contributed by atoms with Gasteiger partial charge in [0, 0.05) is 0 Å². The van der Waals surface area contributed by atoms with E-state index in [4.69, 9.17) is 9.84 Å². The lowest BCUT2D eigenvalue weighted by Gasteiger charge is -2.16. The van der Waals surface area contributed by atoms with E-state index in [1.54, 1.807) is 4.57 Å². The highest BCUT2D eigenvalue weighted by Gasteiger charge is 2.43. The Morgan fingerprint density at radius 3 is 2.75 bits per heavy atom. The number of hydrogen-bond donors (Lipinski definition) is 3. The Labute approximate surface area is 118 Å². The number of hydrogen-bond acceptors (Lipinski definition) is 8. The molecule has 4 atom stereocenters. The Bertz CT molecular complexity index is 621. The van der Waals surface area contributed by atoms with Crippen molar-refractivity contribution in [1.29, 1.82) is 0 Å². The number of aromatic nitrogens is 4. The molecule has 0 bridgehead atoms. The molecule has 3 N–H and O–H groups in total. The van der Waals surface area contributed by atoms with E-state index in [-0.39, 0.29) is 6.61 Å². The van der Waals surface area contributed by atoms with Crippen LogP contribution < -0.4 is 0 Å². The Morgan fingerprint density at radius 2 is 2.10 bits per heavy atom. The highest BCUT2D eigenvalue weighted by molar-refractivity contribution is 7.98. The molecule has 0 aromatic carbocycles. The summed E-state index contributed by atoms with van der Waals surface area (Å²) in [5, 5.41) is 29.7. The molecule has 2 aromatic rings. The topological polar surface area (TPSA) is 114 Å². The van der Waals surface area contributed by atoms with Gasteiger partial charge in [0.2, 0.25) is 0 Å². The van der Waals surface area contributed by atoms with Crippen LogP contribution in [0.3, 0.4) is 0 Å². The molecule has 8 nitrogen and oxygen atoms in total. The van der Waals surface area contributed by atoms with E-state index in [1.807, 2.05) is 6.26 Å². The number of rotatable bonds is 3. The number of thioether (sulfide) groups is 1. The molecular weight excluding hydrogens is 284 g/mol. The normalized spacial score (nSPS) is 30.2. The first-order valence-corrected chi connectivity index (χ1v) is 7.23. The van der Waals surface area contributed by atoms with Gasteiger partial charge in [-0.2, -0.15) is 0 Å². The molecule has 1 fully saturated rings. The minimum atomic E-state index is -1.16. The first-order chi connectivity index (χ1) is 9.67. The number of nitrogens with zero attached hydrogens (tertiary/aromatic N) is 4. The smallest absolute Gasteiger partial charge is 0.166 e. The highest BCUT2D eigenvalue weighted by atomic mass is 32.2. The number of fused-ring (bicyclic) bond motifs is 1. The standard InChI is InChI=1S/C11H14N4O4S/c1-20-10-6-9(12-3-13-10)15(4-14-6)11-8(18)7(17)5(2-16)19-11/h3-5,7-8,11,16-18H,2H2,1H3/t5-,7+,8-,11+/m0/s1. The summed E-state index contributed by atoms with van der Waals surface area (Å²) in [6.07, 6.45) is 0.813. The van der Waals surface area contributed by atoms with Crippen LogP contribution in [-0.2, 0) is 4.74 Å². The van der Waals surface area contributed by atoms with E-state index in [9.17, 15) is 10.2 Å². The van der Waals surface area contributed by atoms with Gasteiger partial charge in [-0.05, 0) is 6.26 Å². The second-order valence-corrected chi connectivity index (χ2v) is 5.23. The van der Waals surface area contributed by atoms with Crippen molar-refractivity contribution in [3.63, 3.8) is 0 Å². The summed E-state index contributed by atoms with van der Waals surface area (Å²) in [7, 11) is 0. The summed E-state index contributed by atoms with van der Waals surface area (Å²) < 4.78 is 7.01. The van der Waals surface area contributed by atoms with Crippen molar-refractivity contribution in [2.75, 3.05) is 12.9 Å². The predicted molar refractivity (Wildman–Crippen MR) is 70.1 cm³/mol. The predicted octanol–water partition coefficient (Wildman–Crippen LogP) is -0.840. The number of imidazole rings is 1. The van der Waals surface area contributed by atoms with Crippen molar-refractivity contribution in [3.8, 4) is 0 Å². The zero-order valence-corrected chi connectivity index (χ0v) is 11.4. The first kappa shape index (κ1) is 13.7. The van der Waals surface area contributed by atoms with E-state index >= 15 is 0 Å². The lowest BCUT2D eigenvalue weighted by molar-refractivity contribution is -0.0511. The van der Waals surface area contributed by atoms with Crippen LogP contribution in [0.15, 0.2) is 17.7 Å². The van der Waals surface area contributed by atoms with Crippen molar-refractivity contribution in [2.24, 2.45) is 0 Å². The van der Waals surface area contributed by atoms with Gasteiger partial charge < -0.3 is 20.1 Å². The molecule has 1 aliphatic heterocycles. The molecule has 1 aliphatic rings. The third-order valence-electron chi connectivity index (χ3n) is 3.31. The molecule has 9 heteroatoms. The van der Waals surface area contributed by atoms with Crippen LogP contribution in [0.2, 0.25) is 0 Å². The van der Waals surface area contributed by atoms with Crippen LogP contribution in [0.5, 0.6) is 0 Å². The largest absolute Gasteiger partial charge is 0.394 e. The van der Waals surface area contributed by atoms with Gasteiger partial charge in [-0.1, -0.05) is 0 Å². The molecule has 0 radical (unpaired) electrons. The molecule has 3 rings (SSSR count). The fraction of sp³-hybridized carbons (Fsp3) is 0.545. The Balaban J connectivity index is 2.03. The Kier molecular flexibility index (Phi) is 3.61. The summed E-state index contributed by atoms with van der Waals surface area (Å²) in [5.41, 5.74) is 1.12. The van der Waals surface area contributed by atoms with Crippen LogP contribution in [0.1, 0.15) is 6.23 Å². The molecule has 0 saturated carbocycles. The summed E-state index contributed by atoms with van der Waals surface area (Å²) in [6, 6.07) is 0. The lowest BCUT2D eigenvalue weighted by atomic mass is 10.1. The van der Waals surface area contributed by atoms with Crippen LogP contribution in [0, 0.1) is 0 Å². The molecule has 0 aliphatic carbocycles. The van der Waals surface area contributed by atoms with Gasteiger partial charge in [0.05, 0.1) is 12.9 Å². The van der Waals surface area contributed by atoms with Gasteiger partial charge in [-0.15, -0.1) is 11.8 Å². The summed E-state index contributed by atoms with van der Waals surface area (Å²) in [5.74, 6) is 0. The fourth-order valence-corrected chi connectivity index (χ4v) is 2.77. The van der Waals surface area contributed by atoms with Gasteiger partial charge in [0.15, 0.2) is 11.9 Å². The minimum Gasteiger partial charge on any atom is -0.394 e. The van der Waals surface area contributed by atoms with Gasteiger partial charge in [0.1, 0.15) is 35.2 Å². The third kappa shape index (κ3) is 1.98. The van der Waals surface area contributed by atoms with Crippen LogP contribution in [-0.4, -0.2) is 66.0 Å². The zero-order valence-electron chi connectivity index (χ0n) is 10.6. The summed E-state index contributed by atoms with van der Waals surface area (Å²) in [4.78, 5) is 12.5. The van der Waals surface area contributed by atoms with Crippen LogP contribution in [0.4, 0.5) is 0 Å². The van der Waals surface area contributed by atoms with E-state index in [1.165, 1.54) is 24.4 Å². The second-order valence-electron chi connectivity index (χ2n) is 4.44. The first-order valence-electron chi connectivity index (χ1n) is 6.01. The van der Waals surface area contributed by atoms with Crippen molar-refractivity contribution >= 4 is 22.9 Å². The molecule has 2 aromatic heterocycles. The maximum atomic E-state index is 10.0. The lowest BCUT2D eigenvalue weighted by Crippen LogP contribution is -2.33. The fourth-order valence-electron chi connectivity index (χ4n) is 2.28. The quantitative estimate of drug-likeness (QED) is 0.496.